The van der Waals surface area contributed by atoms with Gasteiger partial charge in [-0.3, -0.25) is 9.88 Å². The number of rotatable bonds is 11. The van der Waals surface area contributed by atoms with Gasteiger partial charge in [-0.25, -0.2) is 14.8 Å². The maximum atomic E-state index is 15.5. The van der Waals surface area contributed by atoms with E-state index in [0.717, 1.165) is 17.7 Å². The number of β-amino-alcohol motifs (C(OH)–C–C–N with tert-alkyl or cyclic N) is 1. The second-order valence-electron chi connectivity index (χ2n) is 10.00. The maximum Gasteiger partial charge on any atom is 0.416 e. The van der Waals surface area contributed by atoms with Crippen LogP contribution in [-0.2, 0) is 22.3 Å². The summed E-state index contributed by atoms with van der Waals surface area (Å²) in [5.41, 5.74) is 0.538. The number of ether oxygens (including phenoxy) is 1. The molecule has 42 heavy (non-hydrogen) atoms. The zero-order chi connectivity index (χ0) is 30.3. The van der Waals surface area contributed by atoms with Crippen LogP contribution in [0.15, 0.2) is 55.1 Å². The Bertz CT molecular complexity index is 1310. The van der Waals surface area contributed by atoms with Gasteiger partial charge in [0.2, 0.25) is 5.82 Å². The molecule has 0 amide bonds. The van der Waals surface area contributed by atoms with Gasteiger partial charge in [-0.1, -0.05) is 12.1 Å². The van der Waals surface area contributed by atoms with E-state index < -0.39 is 35.7 Å². The molecule has 0 aliphatic carbocycles. The molecule has 1 saturated heterocycles. The van der Waals surface area contributed by atoms with Crippen molar-refractivity contribution in [2.24, 2.45) is 5.92 Å². The normalized spacial score (nSPS) is 18.4. The number of likely N-dealkylation sites (tertiary alicyclic amines) is 1. The summed E-state index contributed by atoms with van der Waals surface area (Å²) in [5, 5.41) is 13.9. The van der Waals surface area contributed by atoms with Gasteiger partial charge in [0.15, 0.2) is 11.6 Å². The molecule has 2 N–H and O–H groups in total. The maximum absolute atomic E-state index is 15.5. The molecule has 1 fully saturated rings. The van der Waals surface area contributed by atoms with Gasteiger partial charge in [-0.15, -0.1) is 0 Å². The molecule has 1 aliphatic heterocycles. The number of aromatic nitrogens is 3. The number of carbonyl (C=O) groups excluding carboxylic acids is 1. The molecule has 2 aromatic heterocycles. The Balaban J connectivity index is 1.40. The number of pyridine rings is 1. The molecular weight excluding hydrogens is 556 g/mol. The van der Waals surface area contributed by atoms with Crippen LogP contribution in [0.3, 0.4) is 0 Å². The van der Waals surface area contributed by atoms with Crippen LogP contribution in [0.1, 0.15) is 43.0 Å². The molecule has 4 rings (SSSR count). The standard InChI is InChI=1S/C29H34F4N6O3/c1-3-38(16-19-5-7-22(8-6-19)29(31,32)33)27-24(30)26(36-18-37-27)35-15-21-11-14-39(17-23(21)40)25(28(41)42-4-2)20-9-12-34-13-10-20/h5-10,12-13,18,21,23,25,40H,3-4,11,14-17H2,1-2H3,(H,35,36,37)/t21-,23+,25?/m1/s1. The Labute approximate surface area is 241 Å². The number of halogens is 4. The second kappa shape index (κ2) is 13.9. The number of hydrogen-bond acceptors (Lipinski definition) is 9. The quantitative estimate of drug-likeness (QED) is 0.248. The van der Waals surface area contributed by atoms with E-state index in [2.05, 4.69) is 20.3 Å². The molecule has 0 radical (unpaired) electrons. The fourth-order valence-corrected chi connectivity index (χ4v) is 5.03. The van der Waals surface area contributed by atoms with E-state index in [1.54, 1.807) is 43.3 Å². The molecule has 0 bridgehead atoms. The number of hydrogen-bond donors (Lipinski definition) is 2. The first-order chi connectivity index (χ1) is 20.1. The van der Waals surface area contributed by atoms with Crippen LogP contribution < -0.4 is 10.2 Å². The summed E-state index contributed by atoms with van der Waals surface area (Å²) in [6.45, 7) is 5.21. The predicted octanol–water partition coefficient (Wildman–Crippen LogP) is 4.46. The molecular formula is C29H34F4N6O3. The van der Waals surface area contributed by atoms with E-state index in [9.17, 15) is 23.1 Å². The van der Waals surface area contributed by atoms with Gasteiger partial charge in [-0.2, -0.15) is 17.6 Å². The molecule has 0 saturated carbocycles. The lowest BCUT2D eigenvalue weighted by Crippen LogP contribution is -2.49. The third kappa shape index (κ3) is 7.51. The summed E-state index contributed by atoms with van der Waals surface area (Å²) in [6, 6.07) is 7.52. The number of piperidine rings is 1. The third-order valence-corrected chi connectivity index (χ3v) is 7.29. The number of alkyl halides is 3. The SMILES string of the molecule is CCOC(=O)C(c1ccncc1)N1CC[C@H](CNc2ncnc(N(CC)Cc3ccc(C(F)(F)F)cc3)c2F)[C@@H](O)C1. The van der Waals surface area contributed by atoms with E-state index in [-0.39, 0.29) is 43.8 Å². The summed E-state index contributed by atoms with van der Waals surface area (Å²) < 4.78 is 59.5. The van der Waals surface area contributed by atoms with Crippen LogP contribution in [0.2, 0.25) is 0 Å². The Hall–Kier alpha value is -3.84. The number of nitrogens with zero attached hydrogens (tertiary/aromatic N) is 5. The largest absolute Gasteiger partial charge is 0.465 e. The van der Waals surface area contributed by atoms with Crippen LogP contribution in [0.25, 0.3) is 0 Å². The van der Waals surface area contributed by atoms with Crippen LogP contribution in [-0.4, -0.2) is 69.8 Å². The van der Waals surface area contributed by atoms with Gasteiger partial charge in [0.05, 0.1) is 18.3 Å². The van der Waals surface area contributed by atoms with Crippen LogP contribution in [0.4, 0.5) is 29.2 Å². The van der Waals surface area contributed by atoms with Crippen molar-refractivity contribution in [1.82, 2.24) is 19.9 Å². The Morgan fingerprint density at radius 3 is 2.50 bits per heavy atom. The predicted molar refractivity (Wildman–Crippen MR) is 148 cm³/mol. The topological polar surface area (TPSA) is 104 Å². The van der Waals surface area contributed by atoms with Gasteiger partial charge in [0.25, 0.3) is 0 Å². The highest BCUT2D eigenvalue weighted by molar-refractivity contribution is 5.77. The Morgan fingerprint density at radius 1 is 1.17 bits per heavy atom. The van der Waals surface area contributed by atoms with Gasteiger partial charge in [0, 0.05) is 44.5 Å². The van der Waals surface area contributed by atoms with Gasteiger partial charge < -0.3 is 20.1 Å². The van der Waals surface area contributed by atoms with Crippen LogP contribution in [0, 0.1) is 11.7 Å². The van der Waals surface area contributed by atoms with Crippen molar-refractivity contribution >= 4 is 17.6 Å². The number of carbonyl (C=O) groups is 1. The average Bonchev–Trinajstić information content (AvgIpc) is 2.97. The number of nitrogens with one attached hydrogen (secondary N) is 1. The molecule has 226 valence electrons. The number of benzene rings is 1. The number of anilines is 2. The number of esters is 1. The zero-order valence-electron chi connectivity index (χ0n) is 23.4. The van der Waals surface area contributed by atoms with E-state index >= 15 is 4.39 Å². The molecule has 1 aromatic carbocycles. The van der Waals surface area contributed by atoms with Crippen molar-refractivity contribution in [1.29, 1.82) is 0 Å². The molecule has 3 aromatic rings. The first kappa shape index (κ1) is 31.1. The van der Waals surface area contributed by atoms with Crippen molar-refractivity contribution in [3.8, 4) is 0 Å². The molecule has 3 heterocycles. The minimum atomic E-state index is -4.44. The van der Waals surface area contributed by atoms with Gasteiger partial charge in [0.1, 0.15) is 12.4 Å². The van der Waals surface area contributed by atoms with E-state index in [4.69, 9.17) is 4.74 Å². The lowest BCUT2D eigenvalue weighted by atomic mass is 9.91. The van der Waals surface area contributed by atoms with Gasteiger partial charge >= 0.3 is 12.1 Å². The van der Waals surface area contributed by atoms with E-state index in [1.807, 2.05) is 4.90 Å². The van der Waals surface area contributed by atoms with Crippen molar-refractivity contribution in [2.75, 3.05) is 43.0 Å². The average molecular weight is 591 g/mol. The molecule has 9 nitrogen and oxygen atoms in total. The smallest absolute Gasteiger partial charge is 0.416 e. The number of aliphatic hydroxyl groups excluding tert-OH is 1. The molecule has 1 unspecified atom stereocenters. The lowest BCUT2D eigenvalue weighted by molar-refractivity contribution is -0.151. The minimum Gasteiger partial charge on any atom is -0.465 e. The number of aliphatic hydroxyl groups is 1. The highest BCUT2D eigenvalue weighted by Crippen LogP contribution is 2.31. The minimum absolute atomic E-state index is 0.0138. The van der Waals surface area contributed by atoms with Crippen molar-refractivity contribution < 1.29 is 32.2 Å². The molecule has 0 spiro atoms. The third-order valence-electron chi connectivity index (χ3n) is 7.29. The molecule has 3 atom stereocenters. The van der Waals surface area contributed by atoms with E-state index in [0.29, 0.717) is 25.1 Å². The van der Waals surface area contributed by atoms with E-state index in [1.165, 1.54) is 18.5 Å². The Kier molecular flexibility index (Phi) is 10.3. The van der Waals surface area contributed by atoms with Gasteiger partial charge in [-0.05, 0) is 62.2 Å². The summed E-state index contributed by atoms with van der Waals surface area (Å²) in [4.78, 5) is 28.4. The summed E-state index contributed by atoms with van der Waals surface area (Å²) in [6.07, 6.45) is -0.293. The first-order valence-electron chi connectivity index (χ1n) is 13.8. The summed E-state index contributed by atoms with van der Waals surface area (Å²) in [7, 11) is 0. The monoisotopic (exact) mass is 590 g/mol. The second-order valence-corrected chi connectivity index (χ2v) is 10.00. The first-order valence-corrected chi connectivity index (χ1v) is 13.8. The fraction of sp³-hybridized carbons (Fsp3) is 0.448. The molecule has 13 heteroatoms. The molecule has 1 aliphatic rings. The highest BCUT2D eigenvalue weighted by Gasteiger charge is 2.36. The van der Waals surface area contributed by atoms with Crippen molar-refractivity contribution in [3.05, 3.63) is 77.6 Å². The van der Waals surface area contributed by atoms with Crippen molar-refractivity contribution in [2.45, 2.75) is 45.1 Å². The summed E-state index contributed by atoms with van der Waals surface area (Å²) >= 11 is 0. The van der Waals surface area contributed by atoms with Crippen LogP contribution >= 0.6 is 0 Å². The Morgan fingerprint density at radius 2 is 1.88 bits per heavy atom. The summed E-state index contributed by atoms with van der Waals surface area (Å²) in [5.74, 6) is -1.37. The lowest BCUT2D eigenvalue weighted by Gasteiger charge is -2.39. The van der Waals surface area contributed by atoms with Crippen LogP contribution in [0.5, 0.6) is 0 Å². The van der Waals surface area contributed by atoms with Crippen molar-refractivity contribution in [3.63, 3.8) is 0 Å². The zero-order valence-corrected chi connectivity index (χ0v) is 23.4. The highest BCUT2D eigenvalue weighted by atomic mass is 19.4. The fourth-order valence-electron chi connectivity index (χ4n) is 5.03.